The van der Waals surface area contributed by atoms with Crippen LogP contribution in [0.5, 0.6) is 0 Å². The molecule has 0 aromatic heterocycles. The van der Waals surface area contributed by atoms with Gasteiger partial charge in [0.2, 0.25) is 0 Å². The standard InChI is InChI=1S/C15H27N/c1-2-3-4-5-15(16)13-7-11-6-12(9-13)10-14(15)8-11/h11-14H,2-10,16H2,1H3/t11-,12-,13-,14+,15?. The molecule has 0 saturated heterocycles. The van der Waals surface area contributed by atoms with Crippen molar-refractivity contribution in [2.45, 2.75) is 70.3 Å². The molecule has 0 radical (unpaired) electrons. The van der Waals surface area contributed by atoms with Gasteiger partial charge in [-0.2, -0.15) is 0 Å². The summed E-state index contributed by atoms with van der Waals surface area (Å²) in [6.45, 7) is 2.29. The van der Waals surface area contributed by atoms with Crippen LogP contribution in [0.25, 0.3) is 0 Å². The van der Waals surface area contributed by atoms with Gasteiger partial charge in [-0.05, 0) is 62.2 Å². The van der Waals surface area contributed by atoms with Crippen molar-refractivity contribution in [2.24, 2.45) is 29.4 Å². The molecule has 0 spiro atoms. The van der Waals surface area contributed by atoms with Crippen molar-refractivity contribution in [3.8, 4) is 0 Å². The molecule has 1 heteroatoms. The van der Waals surface area contributed by atoms with Crippen molar-refractivity contribution in [1.82, 2.24) is 0 Å². The van der Waals surface area contributed by atoms with Gasteiger partial charge in [0.1, 0.15) is 0 Å². The van der Waals surface area contributed by atoms with Crippen LogP contribution in [-0.4, -0.2) is 5.54 Å². The van der Waals surface area contributed by atoms with Crippen molar-refractivity contribution in [2.75, 3.05) is 0 Å². The van der Waals surface area contributed by atoms with Gasteiger partial charge >= 0.3 is 0 Å². The normalized spacial score (nSPS) is 49.9. The van der Waals surface area contributed by atoms with Crippen LogP contribution in [0.4, 0.5) is 0 Å². The van der Waals surface area contributed by atoms with Gasteiger partial charge in [-0.3, -0.25) is 0 Å². The molecular formula is C15H27N. The van der Waals surface area contributed by atoms with E-state index in [0.29, 0.717) is 0 Å². The largest absolute Gasteiger partial charge is 0.325 e. The van der Waals surface area contributed by atoms with Gasteiger partial charge in [-0.15, -0.1) is 0 Å². The summed E-state index contributed by atoms with van der Waals surface area (Å²) < 4.78 is 0. The molecule has 4 saturated carbocycles. The molecule has 0 aliphatic heterocycles. The summed E-state index contributed by atoms with van der Waals surface area (Å²) in [4.78, 5) is 0. The summed E-state index contributed by atoms with van der Waals surface area (Å²) >= 11 is 0. The lowest BCUT2D eigenvalue weighted by atomic mass is 9.48. The fourth-order valence-electron chi connectivity index (χ4n) is 5.15. The lowest BCUT2D eigenvalue weighted by Gasteiger charge is -2.60. The predicted octanol–water partition coefficient (Wildman–Crippen LogP) is 3.72. The zero-order valence-corrected chi connectivity index (χ0v) is 10.8. The summed E-state index contributed by atoms with van der Waals surface area (Å²) in [7, 11) is 0. The average Bonchev–Trinajstić information content (AvgIpc) is 2.25. The molecule has 1 nitrogen and oxygen atoms in total. The summed E-state index contributed by atoms with van der Waals surface area (Å²) in [5.41, 5.74) is 7.08. The monoisotopic (exact) mass is 221 g/mol. The Morgan fingerprint density at radius 1 is 0.938 bits per heavy atom. The Hall–Kier alpha value is -0.0400. The molecule has 92 valence electrons. The third-order valence-electron chi connectivity index (χ3n) is 5.87. The highest BCUT2D eigenvalue weighted by Crippen LogP contribution is 2.58. The highest BCUT2D eigenvalue weighted by atomic mass is 14.8. The number of rotatable bonds is 4. The minimum absolute atomic E-state index is 0.253. The summed E-state index contributed by atoms with van der Waals surface area (Å²) in [6.07, 6.45) is 12.8. The van der Waals surface area contributed by atoms with Gasteiger partial charge in [0.05, 0.1) is 0 Å². The molecule has 0 unspecified atom stereocenters. The summed E-state index contributed by atoms with van der Waals surface area (Å²) in [5.74, 6) is 3.90. The molecule has 4 fully saturated rings. The first kappa shape index (κ1) is 11.1. The lowest BCUT2D eigenvalue weighted by Crippen LogP contribution is -2.62. The first-order chi connectivity index (χ1) is 7.72. The second-order valence-electron chi connectivity index (χ2n) is 6.87. The Morgan fingerprint density at radius 2 is 1.50 bits per heavy atom. The van der Waals surface area contributed by atoms with Crippen LogP contribution in [0.3, 0.4) is 0 Å². The van der Waals surface area contributed by atoms with Crippen molar-refractivity contribution < 1.29 is 0 Å². The second-order valence-corrected chi connectivity index (χ2v) is 6.87. The fourth-order valence-corrected chi connectivity index (χ4v) is 5.15. The Bertz CT molecular complexity index is 230. The van der Waals surface area contributed by atoms with Crippen LogP contribution in [0, 0.1) is 23.7 Å². The van der Waals surface area contributed by atoms with Gasteiger partial charge < -0.3 is 5.73 Å². The van der Waals surface area contributed by atoms with Crippen molar-refractivity contribution in [3.63, 3.8) is 0 Å². The molecule has 4 bridgehead atoms. The first-order valence-electron chi connectivity index (χ1n) is 7.51. The second kappa shape index (κ2) is 4.01. The van der Waals surface area contributed by atoms with Crippen molar-refractivity contribution in [1.29, 1.82) is 0 Å². The molecule has 0 aromatic carbocycles. The van der Waals surface area contributed by atoms with E-state index in [-0.39, 0.29) is 5.54 Å². The molecule has 2 N–H and O–H groups in total. The SMILES string of the molecule is CCCCCC1(N)[C@H]2C[C@H]3C[C@H](C2)C[C@H]1C3. The van der Waals surface area contributed by atoms with Gasteiger partial charge in [0.15, 0.2) is 0 Å². The van der Waals surface area contributed by atoms with Gasteiger partial charge in [-0.25, -0.2) is 0 Å². The van der Waals surface area contributed by atoms with E-state index < -0.39 is 0 Å². The molecular weight excluding hydrogens is 194 g/mol. The Morgan fingerprint density at radius 3 is 2.00 bits per heavy atom. The lowest BCUT2D eigenvalue weighted by molar-refractivity contribution is -0.0595. The minimum Gasteiger partial charge on any atom is -0.325 e. The van der Waals surface area contributed by atoms with Crippen molar-refractivity contribution >= 4 is 0 Å². The smallest absolute Gasteiger partial charge is 0.0211 e. The maximum atomic E-state index is 6.83. The van der Waals surface area contributed by atoms with Gasteiger partial charge in [0, 0.05) is 5.54 Å². The molecule has 4 aliphatic carbocycles. The predicted molar refractivity (Wildman–Crippen MR) is 68.1 cm³/mol. The zero-order valence-electron chi connectivity index (χ0n) is 10.8. The maximum absolute atomic E-state index is 6.83. The Balaban J connectivity index is 1.70. The van der Waals surface area contributed by atoms with E-state index in [2.05, 4.69) is 6.92 Å². The molecule has 0 heterocycles. The summed E-state index contributed by atoms with van der Waals surface area (Å²) in [5, 5.41) is 0. The van der Waals surface area contributed by atoms with Gasteiger partial charge in [-0.1, -0.05) is 26.2 Å². The number of hydrogen-bond donors (Lipinski definition) is 1. The topological polar surface area (TPSA) is 26.0 Å². The average molecular weight is 221 g/mol. The molecule has 0 amide bonds. The van der Waals surface area contributed by atoms with E-state index in [1.54, 1.807) is 0 Å². The van der Waals surface area contributed by atoms with Crippen LogP contribution in [0.15, 0.2) is 0 Å². The van der Waals surface area contributed by atoms with E-state index in [1.165, 1.54) is 57.8 Å². The number of unbranched alkanes of at least 4 members (excludes halogenated alkanes) is 2. The van der Waals surface area contributed by atoms with E-state index in [0.717, 1.165) is 23.7 Å². The Labute approximate surface area is 100 Å². The van der Waals surface area contributed by atoms with E-state index in [1.807, 2.05) is 0 Å². The van der Waals surface area contributed by atoms with Crippen LogP contribution in [0.1, 0.15) is 64.7 Å². The van der Waals surface area contributed by atoms with Crippen molar-refractivity contribution in [3.05, 3.63) is 0 Å². The third kappa shape index (κ3) is 1.63. The van der Waals surface area contributed by atoms with Crippen LogP contribution in [-0.2, 0) is 0 Å². The zero-order chi connectivity index (χ0) is 11.2. The summed E-state index contributed by atoms with van der Waals surface area (Å²) in [6, 6.07) is 0. The number of nitrogens with two attached hydrogens (primary N) is 1. The van der Waals surface area contributed by atoms with E-state index in [9.17, 15) is 0 Å². The van der Waals surface area contributed by atoms with Gasteiger partial charge in [0.25, 0.3) is 0 Å². The van der Waals surface area contributed by atoms with E-state index in [4.69, 9.17) is 5.73 Å². The maximum Gasteiger partial charge on any atom is 0.0211 e. The molecule has 0 aromatic rings. The molecule has 4 aliphatic rings. The van der Waals surface area contributed by atoms with Crippen LogP contribution in [0.2, 0.25) is 0 Å². The molecule has 0 atom stereocenters. The highest BCUT2D eigenvalue weighted by Gasteiger charge is 2.54. The highest BCUT2D eigenvalue weighted by molar-refractivity contribution is 5.09. The quantitative estimate of drug-likeness (QED) is 0.719. The van der Waals surface area contributed by atoms with Crippen LogP contribution >= 0.6 is 0 Å². The first-order valence-corrected chi connectivity index (χ1v) is 7.51. The third-order valence-corrected chi connectivity index (χ3v) is 5.87. The number of hydrogen-bond acceptors (Lipinski definition) is 1. The van der Waals surface area contributed by atoms with Crippen LogP contribution < -0.4 is 5.73 Å². The minimum atomic E-state index is 0.253. The Kier molecular flexibility index (Phi) is 2.78. The molecule has 4 rings (SSSR count). The fraction of sp³-hybridized carbons (Fsp3) is 1.00. The molecule has 16 heavy (non-hydrogen) atoms. The van der Waals surface area contributed by atoms with E-state index >= 15 is 0 Å².